The standard InChI is InChI=1S/C19H21N2O2.C7H8O3S/c1-20-18(14-5-9-16(22-3)10-6-14)13-19(21(20)2)15-7-11-17(23-4)12-8-15;1-6-2-4-7(5-3-6)11(8,9)10/h5-13H,1-4H3;2-5H,1H3,(H,8,9,10)/q+1;/p-1. The van der Waals surface area contributed by atoms with Crippen LogP contribution < -0.4 is 14.2 Å². The summed E-state index contributed by atoms with van der Waals surface area (Å²) in [4.78, 5) is -0.178. The molecular weight excluding hydrogens is 452 g/mol. The van der Waals surface area contributed by atoms with Crippen LogP contribution in [0.25, 0.3) is 22.5 Å². The lowest BCUT2D eigenvalue weighted by Crippen LogP contribution is -2.39. The van der Waals surface area contributed by atoms with Crippen LogP contribution in [0.1, 0.15) is 5.56 Å². The summed E-state index contributed by atoms with van der Waals surface area (Å²) >= 11 is 0. The lowest BCUT2D eigenvalue weighted by Gasteiger charge is -2.05. The highest BCUT2D eigenvalue weighted by Crippen LogP contribution is 2.27. The van der Waals surface area contributed by atoms with Crippen LogP contribution in [-0.4, -0.2) is 31.9 Å². The van der Waals surface area contributed by atoms with E-state index in [0.29, 0.717) is 0 Å². The van der Waals surface area contributed by atoms with Gasteiger partial charge in [0.05, 0.1) is 26.2 Å². The molecule has 0 aliphatic rings. The third-order valence-corrected chi connectivity index (χ3v) is 6.35. The van der Waals surface area contributed by atoms with E-state index >= 15 is 0 Å². The van der Waals surface area contributed by atoms with Crippen molar-refractivity contribution in [1.29, 1.82) is 0 Å². The van der Waals surface area contributed by atoms with Crippen molar-refractivity contribution in [3.8, 4) is 34.0 Å². The molecule has 7 nitrogen and oxygen atoms in total. The smallest absolute Gasteiger partial charge is 0.238 e. The van der Waals surface area contributed by atoms with Gasteiger partial charge in [0.15, 0.2) is 7.05 Å². The zero-order valence-electron chi connectivity index (χ0n) is 19.8. The number of ether oxygens (including phenoxy) is 2. The number of methoxy groups -OCH3 is 2. The van der Waals surface area contributed by atoms with Crippen molar-refractivity contribution < 1.29 is 27.1 Å². The number of hydrogen-bond donors (Lipinski definition) is 0. The zero-order valence-corrected chi connectivity index (χ0v) is 20.7. The van der Waals surface area contributed by atoms with Crippen LogP contribution in [0.4, 0.5) is 0 Å². The molecule has 0 atom stereocenters. The van der Waals surface area contributed by atoms with Crippen LogP contribution in [0.2, 0.25) is 0 Å². The van der Waals surface area contributed by atoms with Gasteiger partial charge < -0.3 is 14.0 Å². The van der Waals surface area contributed by atoms with Gasteiger partial charge in [-0.05, 0) is 67.6 Å². The molecule has 1 aromatic heterocycles. The summed E-state index contributed by atoms with van der Waals surface area (Å²) in [6.45, 7) is 1.82. The first-order valence-electron chi connectivity index (χ1n) is 10.5. The fourth-order valence-corrected chi connectivity index (χ4v) is 3.88. The quantitative estimate of drug-likeness (QED) is 0.317. The Bertz CT molecular complexity index is 1270. The Hall–Kier alpha value is -3.62. The first-order chi connectivity index (χ1) is 16.1. The largest absolute Gasteiger partial charge is 0.744 e. The van der Waals surface area contributed by atoms with Crippen LogP contribution in [0.15, 0.2) is 83.8 Å². The summed E-state index contributed by atoms with van der Waals surface area (Å²) < 4.78 is 45.9. The molecule has 0 radical (unpaired) electrons. The number of aromatic nitrogens is 2. The summed E-state index contributed by atoms with van der Waals surface area (Å²) in [5.41, 5.74) is 5.55. The van der Waals surface area contributed by atoms with Gasteiger partial charge in [-0.2, -0.15) is 4.68 Å². The number of aryl methyl sites for hydroxylation is 1. The summed E-state index contributed by atoms with van der Waals surface area (Å²) in [5.74, 6) is 1.73. The Balaban J connectivity index is 0.000000248. The van der Waals surface area contributed by atoms with Crippen molar-refractivity contribution >= 4 is 10.1 Å². The Labute approximate surface area is 200 Å². The second kappa shape index (κ2) is 10.5. The molecule has 0 unspecified atom stereocenters. The summed E-state index contributed by atoms with van der Waals surface area (Å²) in [7, 11) is 3.21. The summed E-state index contributed by atoms with van der Waals surface area (Å²) in [5, 5.41) is 0. The fraction of sp³-hybridized carbons (Fsp3) is 0.192. The molecule has 0 fully saturated rings. The van der Waals surface area contributed by atoms with Crippen LogP contribution in [0.5, 0.6) is 11.5 Å². The second-order valence-electron chi connectivity index (χ2n) is 7.69. The molecule has 0 bridgehead atoms. The van der Waals surface area contributed by atoms with Crippen molar-refractivity contribution in [3.63, 3.8) is 0 Å². The third kappa shape index (κ3) is 5.84. The molecule has 0 saturated heterocycles. The van der Waals surface area contributed by atoms with E-state index in [9.17, 15) is 13.0 Å². The topological polar surface area (TPSA) is 84.5 Å². The van der Waals surface area contributed by atoms with Crippen molar-refractivity contribution in [1.82, 2.24) is 4.68 Å². The monoisotopic (exact) mass is 480 g/mol. The Morgan fingerprint density at radius 1 is 0.794 bits per heavy atom. The van der Waals surface area contributed by atoms with Gasteiger partial charge in [-0.25, -0.2) is 8.42 Å². The number of benzene rings is 3. The molecule has 0 spiro atoms. The van der Waals surface area contributed by atoms with E-state index in [1.807, 2.05) is 31.2 Å². The van der Waals surface area contributed by atoms with Gasteiger partial charge in [-0.15, -0.1) is 4.68 Å². The van der Waals surface area contributed by atoms with Crippen molar-refractivity contribution in [2.75, 3.05) is 14.2 Å². The number of nitrogens with zero attached hydrogens (tertiary/aromatic N) is 2. The van der Waals surface area contributed by atoms with E-state index in [1.54, 1.807) is 26.4 Å². The molecule has 4 aromatic rings. The van der Waals surface area contributed by atoms with Crippen LogP contribution in [-0.2, 0) is 24.2 Å². The normalized spacial score (nSPS) is 10.9. The van der Waals surface area contributed by atoms with E-state index in [-0.39, 0.29) is 4.90 Å². The second-order valence-corrected chi connectivity index (χ2v) is 9.07. The molecule has 0 aliphatic heterocycles. The minimum Gasteiger partial charge on any atom is -0.744 e. The maximum atomic E-state index is 10.4. The van der Waals surface area contributed by atoms with Crippen molar-refractivity contribution in [2.45, 2.75) is 11.8 Å². The van der Waals surface area contributed by atoms with Gasteiger partial charge in [-0.1, -0.05) is 17.7 Å². The molecule has 1 heterocycles. The van der Waals surface area contributed by atoms with Gasteiger partial charge in [0.25, 0.3) is 0 Å². The maximum absolute atomic E-state index is 10.4. The Morgan fingerprint density at radius 3 is 1.71 bits per heavy atom. The van der Waals surface area contributed by atoms with Gasteiger partial charge >= 0.3 is 0 Å². The molecule has 8 heteroatoms. The minimum absolute atomic E-state index is 0.178. The molecule has 34 heavy (non-hydrogen) atoms. The van der Waals surface area contributed by atoms with Gasteiger partial charge in [-0.3, -0.25) is 0 Å². The average molecular weight is 481 g/mol. The highest BCUT2D eigenvalue weighted by atomic mass is 32.2. The fourth-order valence-electron chi connectivity index (χ4n) is 3.41. The first-order valence-corrected chi connectivity index (χ1v) is 11.9. The lowest BCUT2D eigenvalue weighted by atomic mass is 10.1. The van der Waals surface area contributed by atoms with Gasteiger partial charge in [0, 0.05) is 17.2 Å². The van der Waals surface area contributed by atoms with Gasteiger partial charge in [0.2, 0.25) is 5.69 Å². The van der Waals surface area contributed by atoms with Crippen molar-refractivity contribution in [2.24, 2.45) is 14.1 Å². The maximum Gasteiger partial charge on any atom is 0.238 e. The minimum atomic E-state index is -4.27. The van der Waals surface area contributed by atoms with E-state index in [2.05, 4.69) is 53.8 Å². The van der Waals surface area contributed by atoms with Crippen molar-refractivity contribution in [3.05, 3.63) is 84.4 Å². The molecule has 0 N–H and O–H groups in total. The zero-order chi connectivity index (χ0) is 24.9. The van der Waals surface area contributed by atoms with E-state index in [0.717, 1.165) is 39.6 Å². The molecule has 178 valence electrons. The highest BCUT2D eigenvalue weighted by Gasteiger charge is 2.19. The molecule has 0 aliphatic carbocycles. The predicted molar refractivity (Wildman–Crippen MR) is 130 cm³/mol. The Morgan fingerprint density at radius 2 is 1.26 bits per heavy atom. The SMILES string of the molecule is COc1ccc(-c2cc(-c3ccc(OC)cc3)[n+](C)n2C)cc1.Cc1ccc(S(=O)(=O)[O-])cc1. The van der Waals surface area contributed by atoms with E-state index in [1.165, 1.54) is 12.1 Å². The summed E-state index contributed by atoms with van der Waals surface area (Å²) in [6.07, 6.45) is 0. The van der Waals surface area contributed by atoms with Gasteiger partial charge in [0.1, 0.15) is 27.3 Å². The van der Waals surface area contributed by atoms with Crippen LogP contribution in [0.3, 0.4) is 0 Å². The highest BCUT2D eigenvalue weighted by molar-refractivity contribution is 7.85. The van der Waals surface area contributed by atoms with Crippen LogP contribution in [0, 0.1) is 6.92 Å². The predicted octanol–water partition coefficient (Wildman–Crippen LogP) is 4.10. The van der Waals surface area contributed by atoms with Crippen LogP contribution >= 0.6 is 0 Å². The first kappa shape index (κ1) is 25.0. The molecule has 4 rings (SSSR count). The molecule has 3 aromatic carbocycles. The molecule has 0 amide bonds. The lowest BCUT2D eigenvalue weighted by molar-refractivity contribution is -0.740. The third-order valence-electron chi connectivity index (χ3n) is 5.50. The Kier molecular flexibility index (Phi) is 7.75. The summed E-state index contributed by atoms with van der Waals surface area (Å²) in [6, 6.07) is 24.2. The van der Waals surface area contributed by atoms with E-state index in [4.69, 9.17) is 9.47 Å². The molecule has 0 saturated carbocycles. The average Bonchev–Trinajstić information content (AvgIpc) is 3.13. The number of rotatable bonds is 5. The molecular formula is C26H28N2O5S. The number of hydrogen-bond acceptors (Lipinski definition) is 5. The van der Waals surface area contributed by atoms with E-state index < -0.39 is 10.1 Å².